The van der Waals surface area contributed by atoms with Gasteiger partial charge >= 0.3 is 0 Å². The second kappa shape index (κ2) is 4.88. The second-order valence-corrected chi connectivity index (χ2v) is 3.41. The molecule has 0 amide bonds. The summed E-state index contributed by atoms with van der Waals surface area (Å²) in [6.07, 6.45) is 4.23. The summed E-state index contributed by atoms with van der Waals surface area (Å²) in [4.78, 5) is 0. The fraction of sp³-hybridized carbons (Fsp3) is 0.0833. The molecule has 3 nitrogen and oxygen atoms in total. The highest BCUT2D eigenvalue weighted by atomic mass is 19.1. The number of halogens is 2. The Morgan fingerprint density at radius 2 is 2.29 bits per heavy atom. The summed E-state index contributed by atoms with van der Waals surface area (Å²) in [7, 11) is 0. The highest BCUT2D eigenvalue weighted by Gasteiger charge is 2.05. The first-order chi connectivity index (χ1) is 8.20. The van der Waals surface area contributed by atoms with Crippen LogP contribution in [0.15, 0.2) is 42.5 Å². The smallest absolute Gasteiger partial charge is 0.149 e. The maximum absolute atomic E-state index is 13.7. The van der Waals surface area contributed by atoms with Gasteiger partial charge in [-0.05, 0) is 29.8 Å². The highest BCUT2D eigenvalue weighted by Crippen LogP contribution is 2.16. The third kappa shape index (κ3) is 2.57. The van der Waals surface area contributed by atoms with Crippen molar-refractivity contribution in [2.45, 2.75) is 0 Å². The maximum Gasteiger partial charge on any atom is 0.149 e. The van der Waals surface area contributed by atoms with E-state index in [4.69, 9.17) is 5.11 Å². The van der Waals surface area contributed by atoms with Crippen molar-refractivity contribution >= 4 is 6.08 Å². The van der Waals surface area contributed by atoms with Crippen molar-refractivity contribution in [3.8, 4) is 5.69 Å². The van der Waals surface area contributed by atoms with Gasteiger partial charge < -0.3 is 5.11 Å². The van der Waals surface area contributed by atoms with Gasteiger partial charge in [0.1, 0.15) is 17.3 Å². The number of aliphatic hydroxyl groups excluding tert-OH is 1. The first-order valence-electron chi connectivity index (χ1n) is 4.97. The third-order valence-corrected chi connectivity index (χ3v) is 2.20. The van der Waals surface area contributed by atoms with E-state index in [1.165, 1.54) is 16.8 Å². The zero-order chi connectivity index (χ0) is 12.3. The molecule has 0 saturated carbocycles. The van der Waals surface area contributed by atoms with Crippen LogP contribution in [-0.4, -0.2) is 21.5 Å². The molecule has 0 aliphatic rings. The van der Waals surface area contributed by atoms with E-state index in [-0.39, 0.29) is 5.69 Å². The van der Waals surface area contributed by atoms with E-state index >= 15 is 0 Å². The van der Waals surface area contributed by atoms with Gasteiger partial charge in [-0.1, -0.05) is 6.07 Å². The molecule has 0 radical (unpaired) electrons. The van der Waals surface area contributed by atoms with E-state index in [1.54, 1.807) is 24.5 Å². The van der Waals surface area contributed by atoms with Gasteiger partial charge in [0, 0.05) is 12.4 Å². The van der Waals surface area contributed by atoms with Gasteiger partial charge in [0.15, 0.2) is 0 Å². The number of aromatic nitrogens is 2. The number of hydrogen-bond acceptors (Lipinski definition) is 2. The lowest BCUT2D eigenvalue weighted by Crippen LogP contribution is -1.98. The normalized spacial score (nSPS) is 11.8. The Hall–Kier alpha value is -2.01. The van der Waals surface area contributed by atoms with Gasteiger partial charge in [-0.15, -0.1) is 0 Å². The Morgan fingerprint density at radius 3 is 2.88 bits per heavy atom. The summed E-state index contributed by atoms with van der Waals surface area (Å²) < 4.78 is 27.9. The van der Waals surface area contributed by atoms with Crippen LogP contribution >= 0.6 is 0 Å². The van der Waals surface area contributed by atoms with E-state index < -0.39 is 18.3 Å². The van der Waals surface area contributed by atoms with Crippen LogP contribution in [0.4, 0.5) is 8.78 Å². The van der Waals surface area contributed by atoms with Gasteiger partial charge in [0.05, 0.1) is 6.61 Å². The molecule has 0 aliphatic heterocycles. The predicted molar refractivity (Wildman–Crippen MR) is 59.7 cm³/mol. The van der Waals surface area contributed by atoms with E-state index in [0.29, 0.717) is 5.56 Å². The standard InChI is InChI=1S/C12H10F2N2O/c13-10(8-17)6-9-2-3-12(11(14)7-9)16-5-1-4-15-16/h1-7,17H,8H2/b10-6-. The Kier molecular flexibility index (Phi) is 3.30. The molecule has 2 aromatic rings. The Morgan fingerprint density at radius 1 is 1.47 bits per heavy atom. The van der Waals surface area contributed by atoms with E-state index in [2.05, 4.69) is 5.10 Å². The lowest BCUT2D eigenvalue weighted by Gasteiger charge is -2.04. The summed E-state index contributed by atoms with van der Waals surface area (Å²) in [6.45, 7) is -0.692. The summed E-state index contributed by atoms with van der Waals surface area (Å²) in [6, 6.07) is 5.92. The minimum absolute atomic E-state index is 0.288. The van der Waals surface area contributed by atoms with Crippen molar-refractivity contribution in [2.24, 2.45) is 0 Å². The Labute approximate surface area is 96.6 Å². The van der Waals surface area contributed by atoms with Crippen LogP contribution in [-0.2, 0) is 0 Å². The molecule has 88 valence electrons. The molecule has 0 fully saturated rings. The fourth-order valence-electron chi connectivity index (χ4n) is 1.44. The second-order valence-electron chi connectivity index (χ2n) is 3.41. The molecule has 1 N–H and O–H groups in total. The lowest BCUT2D eigenvalue weighted by atomic mass is 10.2. The SMILES string of the molecule is OC/C(F)=C/c1ccc(-n2cccn2)c(F)c1. The zero-order valence-electron chi connectivity index (χ0n) is 8.85. The first kappa shape index (κ1) is 11.5. The third-order valence-electron chi connectivity index (χ3n) is 2.20. The average Bonchev–Trinajstić information content (AvgIpc) is 2.82. The van der Waals surface area contributed by atoms with Crippen LogP contribution in [0, 0.1) is 5.82 Å². The van der Waals surface area contributed by atoms with Crippen molar-refractivity contribution in [1.82, 2.24) is 9.78 Å². The average molecular weight is 236 g/mol. The molecule has 17 heavy (non-hydrogen) atoms. The van der Waals surface area contributed by atoms with Gasteiger partial charge in [0.2, 0.25) is 0 Å². The van der Waals surface area contributed by atoms with E-state index in [0.717, 1.165) is 6.08 Å². The first-order valence-corrected chi connectivity index (χ1v) is 4.97. The molecule has 0 saturated heterocycles. The molecule has 1 heterocycles. The Bertz CT molecular complexity index is 535. The summed E-state index contributed by atoms with van der Waals surface area (Å²) in [5.74, 6) is -1.22. The van der Waals surface area contributed by atoms with Crippen LogP contribution in [0.1, 0.15) is 5.56 Å². The maximum atomic E-state index is 13.7. The highest BCUT2D eigenvalue weighted by molar-refractivity contribution is 5.53. The van der Waals surface area contributed by atoms with Crippen LogP contribution < -0.4 is 0 Å². The number of hydrogen-bond donors (Lipinski definition) is 1. The minimum Gasteiger partial charge on any atom is -0.389 e. The van der Waals surface area contributed by atoms with Crippen molar-refractivity contribution in [1.29, 1.82) is 0 Å². The van der Waals surface area contributed by atoms with Crippen LogP contribution in [0.25, 0.3) is 11.8 Å². The molecule has 1 aromatic heterocycles. The molecule has 0 atom stereocenters. The Balaban J connectivity index is 2.36. The minimum atomic E-state index is -0.712. The van der Waals surface area contributed by atoms with Gasteiger partial charge in [-0.25, -0.2) is 13.5 Å². The van der Waals surface area contributed by atoms with E-state index in [9.17, 15) is 8.78 Å². The van der Waals surface area contributed by atoms with Crippen molar-refractivity contribution in [3.63, 3.8) is 0 Å². The quantitative estimate of drug-likeness (QED) is 0.888. The van der Waals surface area contributed by atoms with E-state index in [1.807, 2.05) is 0 Å². The van der Waals surface area contributed by atoms with Crippen molar-refractivity contribution in [3.05, 3.63) is 53.9 Å². The molecular weight excluding hydrogens is 226 g/mol. The number of nitrogens with zero attached hydrogens (tertiary/aromatic N) is 2. The molecule has 5 heteroatoms. The predicted octanol–water partition coefficient (Wildman–Crippen LogP) is 2.31. The molecule has 2 rings (SSSR count). The number of benzene rings is 1. The van der Waals surface area contributed by atoms with Crippen molar-refractivity contribution in [2.75, 3.05) is 6.61 Å². The lowest BCUT2D eigenvalue weighted by molar-refractivity contribution is 0.300. The molecule has 0 spiro atoms. The summed E-state index contributed by atoms with van der Waals surface area (Å²) in [5, 5.41) is 12.4. The molecule has 1 aromatic carbocycles. The summed E-state index contributed by atoms with van der Waals surface area (Å²) >= 11 is 0. The van der Waals surface area contributed by atoms with Crippen LogP contribution in [0.2, 0.25) is 0 Å². The largest absolute Gasteiger partial charge is 0.389 e. The molecular formula is C12H10F2N2O. The van der Waals surface area contributed by atoms with Crippen LogP contribution in [0.5, 0.6) is 0 Å². The number of rotatable bonds is 3. The zero-order valence-corrected chi connectivity index (χ0v) is 8.85. The monoisotopic (exact) mass is 236 g/mol. The summed E-state index contributed by atoms with van der Waals surface area (Å²) in [5.41, 5.74) is 0.640. The van der Waals surface area contributed by atoms with Crippen LogP contribution in [0.3, 0.4) is 0 Å². The topological polar surface area (TPSA) is 38.0 Å². The molecule has 0 aliphatic carbocycles. The fourth-order valence-corrected chi connectivity index (χ4v) is 1.44. The van der Waals surface area contributed by atoms with Gasteiger partial charge in [-0.2, -0.15) is 5.10 Å². The molecule has 0 unspecified atom stereocenters. The van der Waals surface area contributed by atoms with Gasteiger partial charge in [-0.3, -0.25) is 0 Å². The van der Waals surface area contributed by atoms with Gasteiger partial charge in [0.25, 0.3) is 0 Å². The van der Waals surface area contributed by atoms with Crippen molar-refractivity contribution < 1.29 is 13.9 Å². The molecule has 0 bridgehead atoms. The number of aliphatic hydroxyl groups is 1.